The molecule has 80 valence electrons. The number of hydrogen-bond donors (Lipinski definition) is 0. The maximum atomic E-state index is 5.83. The average molecular weight is 275 g/mol. The van der Waals surface area contributed by atoms with Crippen molar-refractivity contribution in [2.75, 3.05) is 0 Å². The molecule has 0 fully saturated rings. The summed E-state index contributed by atoms with van der Waals surface area (Å²) < 4.78 is 6.59. The highest BCUT2D eigenvalue weighted by Crippen LogP contribution is 2.22. The van der Waals surface area contributed by atoms with Crippen LogP contribution in [0.5, 0.6) is 5.75 Å². The van der Waals surface area contributed by atoms with Gasteiger partial charge < -0.3 is 4.74 Å². The summed E-state index contributed by atoms with van der Waals surface area (Å²) in [4.78, 5) is 0. The molecule has 0 N–H and O–H groups in total. The normalized spacial score (nSPS) is 10.1. The van der Waals surface area contributed by atoms with Crippen LogP contribution in [0, 0.1) is 6.92 Å². The fraction of sp³-hybridized carbons (Fsp3) is 0.0714. The van der Waals surface area contributed by atoms with Crippen LogP contribution in [0.3, 0.4) is 0 Å². The number of hydrogen-bond acceptors (Lipinski definition) is 1. The lowest BCUT2D eigenvalue weighted by molar-refractivity contribution is 0.305. The molecule has 2 aromatic rings. The van der Waals surface area contributed by atoms with Gasteiger partial charge in [0, 0.05) is 11.4 Å². The van der Waals surface area contributed by atoms with Crippen molar-refractivity contribution in [3.05, 3.63) is 71.1 Å². The highest BCUT2D eigenvalue weighted by Gasteiger charge is 2.00. The molecule has 0 amide bonds. The fourth-order valence-corrected chi connectivity index (χ4v) is 1.76. The average Bonchev–Trinajstić information content (AvgIpc) is 2.29. The van der Waals surface area contributed by atoms with E-state index in [1.165, 1.54) is 0 Å². The third-order valence-electron chi connectivity index (χ3n) is 2.21. The summed E-state index contributed by atoms with van der Waals surface area (Å²) in [6.45, 7) is 6.36. The Hall–Kier alpha value is -1.28. The largest absolute Gasteiger partial charge is 0.489 e. The van der Waals surface area contributed by atoms with Crippen molar-refractivity contribution in [2.45, 2.75) is 6.61 Å². The standard InChI is InChI=1S/C14H11BrO/c1-11-9-13(15)7-8-14(11)16-10-12-5-3-2-4-6-12/h1-9H,10H2. The van der Waals surface area contributed by atoms with Crippen molar-refractivity contribution in [1.29, 1.82) is 0 Å². The van der Waals surface area contributed by atoms with Crippen LogP contribution in [0.4, 0.5) is 0 Å². The lowest BCUT2D eigenvalue weighted by Crippen LogP contribution is -1.96. The van der Waals surface area contributed by atoms with Gasteiger partial charge in [-0.1, -0.05) is 46.3 Å². The van der Waals surface area contributed by atoms with Crippen molar-refractivity contribution in [2.24, 2.45) is 0 Å². The van der Waals surface area contributed by atoms with E-state index in [1.54, 1.807) is 0 Å². The molecule has 16 heavy (non-hydrogen) atoms. The van der Waals surface area contributed by atoms with Gasteiger partial charge in [-0.25, -0.2) is 0 Å². The summed E-state index contributed by atoms with van der Waals surface area (Å²) >= 11 is 3.36. The second kappa shape index (κ2) is 5.17. The topological polar surface area (TPSA) is 9.23 Å². The second-order valence-electron chi connectivity index (χ2n) is 3.46. The fourth-order valence-electron chi connectivity index (χ4n) is 1.39. The van der Waals surface area contributed by atoms with Crippen LogP contribution in [0.1, 0.15) is 11.1 Å². The molecule has 0 aromatic heterocycles. The Morgan fingerprint density at radius 3 is 2.50 bits per heavy atom. The number of ether oxygens (including phenoxy) is 1. The Morgan fingerprint density at radius 2 is 1.81 bits per heavy atom. The summed E-state index contributed by atoms with van der Waals surface area (Å²) in [5, 5.41) is 0. The summed E-state index contributed by atoms with van der Waals surface area (Å²) in [6, 6.07) is 15.6. The quantitative estimate of drug-likeness (QED) is 0.819. The molecule has 0 aliphatic rings. The van der Waals surface area contributed by atoms with Crippen molar-refractivity contribution < 1.29 is 4.74 Å². The number of halogens is 1. The first-order valence-corrected chi connectivity index (χ1v) is 5.77. The molecule has 0 aliphatic heterocycles. The minimum atomic E-state index is 0.534. The van der Waals surface area contributed by atoms with Gasteiger partial charge in [-0.2, -0.15) is 0 Å². The predicted octanol–water partition coefficient (Wildman–Crippen LogP) is 4.09. The first-order chi connectivity index (χ1) is 7.75. The van der Waals surface area contributed by atoms with Crippen LogP contribution in [-0.2, 0) is 6.61 Å². The van der Waals surface area contributed by atoms with Crippen molar-refractivity contribution in [3.8, 4) is 5.75 Å². The predicted molar refractivity (Wildman–Crippen MR) is 68.3 cm³/mol. The Kier molecular flexibility index (Phi) is 3.62. The van der Waals surface area contributed by atoms with Crippen molar-refractivity contribution in [3.63, 3.8) is 0 Å². The van der Waals surface area contributed by atoms with Gasteiger partial charge >= 0.3 is 0 Å². The molecule has 0 saturated carbocycles. The van der Waals surface area contributed by atoms with Gasteiger partial charge in [0.25, 0.3) is 0 Å². The molecule has 0 atom stereocenters. The van der Waals surface area contributed by atoms with Crippen molar-refractivity contribution >= 4 is 15.9 Å². The lowest BCUT2D eigenvalue weighted by atomic mass is 10.2. The van der Waals surface area contributed by atoms with Gasteiger partial charge in [0.05, 0.1) is 0 Å². The molecule has 2 heteroatoms. The first-order valence-electron chi connectivity index (χ1n) is 4.97. The van der Waals surface area contributed by atoms with E-state index in [1.807, 2.05) is 48.5 Å². The molecule has 1 nitrogen and oxygen atoms in total. The summed E-state index contributed by atoms with van der Waals surface area (Å²) in [6.07, 6.45) is 0. The van der Waals surface area contributed by atoms with Crippen LogP contribution in [-0.4, -0.2) is 0 Å². The van der Waals surface area contributed by atoms with Gasteiger partial charge in [0.1, 0.15) is 12.4 Å². The van der Waals surface area contributed by atoms with Crippen LogP contribution in [0.15, 0.2) is 53.0 Å². The van der Waals surface area contributed by atoms with Gasteiger partial charge in [0.15, 0.2) is 0 Å². The van der Waals surface area contributed by atoms with Crippen LogP contribution < -0.4 is 4.74 Å². The molecule has 2 aromatic carbocycles. The van der Waals surface area contributed by atoms with Gasteiger partial charge in [-0.15, -0.1) is 0 Å². The maximum absolute atomic E-state index is 5.83. The van der Waals surface area contributed by atoms with Crippen LogP contribution in [0.25, 0.3) is 0 Å². The zero-order chi connectivity index (χ0) is 11.4. The molecule has 0 bridgehead atoms. The van der Waals surface area contributed by atoms with E-state index in [4.69, 9.17) is 11.7 Å². The van der Waals surface area contributed by atoms with E-state index < -0.39 is 0 Å². The summed E-state index contributed by atoms with van der Waals surface area (Å²) in [5.41, 5.74) is 1.77. The highest BCUT2D eigenvalue weighted by atomic mass is 79.9. The van der Waals surface area contributed by atoms with Crippen LogP contribution >= 0.6 is 15.9 Å². The number of rotatable bonds is 3. The molecule has 0 saturated heterocycles. The van der Waals surface area contributed by atoms with E-state index in [9.17, 15) is 0 Å². The Labute approximate surface area is 104 Å². The Bertz CT molecular complexity index is 465. The summed E-state index contributed by atoms with van der Waals surface area (Å²) in [5.74, 6) is 0.715. The van der Waals surface area contributed by atoms with E-state index in [2.05, 4.69) is 15.9 Å². The third kappa shape index (κ3) is 2.86. The molecule has 2 radical (unpaired) electrons. The molecule has 0 aliphatic carbocycles. The van der Waals surface area contributed by atoms with E-state index in [0.29, 0.717) is 17.9 Å². The molecule has 0 heterocycles. The minimum absolute atomic E-state index is 0.534. The highest BCUT2D eigenvalue weighted by molar-refractivity contribution is 9.10. The van der Waals surface area contributed by atoms with Gasteiger partial charge in [0.2, 0.25) is 0 Å². The van der Waals surface area contributed by atoms with Crippen LogP contribution in [0.2, 0.25) is 0 Å². The minimum Gasteiger partial charge on any atom is -0.489 e. The second-order valence-corrected chi connectivity index (χ2v) is 4.37. The molecule has 0 unspecified atom stereocenters. The molecular formula is C14H11BrO. The third-order valence-corrected chi connectivity index (χ3v) is 2.70. The van der Waals surface area contributed by atoms with E-state index in [-0.39, 0.29) is 0 Å². The van der Waals surface area contributed by atoms with Gasteiger partial charge in [-0.3, -0.25) is 0 Å². The molecular weight excluding hydrogens is 264 g/mol. The molecule has 2 rings (SSSR count). The lowest BCUT2D eigenvalue weighted by Gasteiger charge is -2.09. The SMILES string of the molecule is [CH]c1cc(Br)ccc1OCc1ccccc1. The first kappa shape index (κ1) is 11.2. The van der Waals surface area contributed by atoms with E-state index >= 15 is 0 Å². The summed E-state index contributed by atoms with van der Waals surface area (Å²) in [7, 11) is 0. The maximum Gasteiger partial charge on any atom is 0.123 e. The smallest absolute Gasteiger partial charge is 0.123 e. The Balaban J connectivity index is 2.05. The molecule has 0 spiro atoms. The van der Waals surface area contributed by atoms with Gasteiger partial charge in [-0.05, 0) is 29.3 Å². The van der Waals surface area contributed by atoms with E-state index in [0.717, 1.165) is 10.0 Å². The van der Waals surface area contributed by atoms with Crippen molar-refractivity contribution in [1.82, 2.24) is 0 Å². The Morgan fingerprint density at radius 1 is 1.06 bits per heavy atom. The zero-order valence-electron chi connectivity index (χ0n) is 8.69. The number of benzene rings is 2. The zero-order valence-corrected chi connectivity index (χ0v) is 10.3. The monoisotopic (exact) mass is 274 g/mol.